The highest BCUT2D eigenvalue weighted by Gasteiger charge is 2.37. The molecule has 0 amide bonds. The van der Waals surface area contributed by atoms with Gasteiger partial charge in [-0.25, -0.2) is 14.4 Å². The molecule has 0 radical (unpaired) electrons. The van der Waals surface area contributed by atoms with Gasteiger partial charge in [0.05, 0.1) is 29.0 Å². The summed E-state index contributed by atoms with van der Waals surface area (Å²) in [5.74, 6) is 1.57. The molecule has 2 aliphatic rings. The van der Waals surface area contributed by atoms with Crippen molar-refractivity contribution in [2.45, 2.75) is 31.8 Å². The smallest absolute Gasteiger partial charge is 0.326 e. The molecule has 0 aliphatic carbocycles. The van der Waals surface area contributed by atoms with Gasteiger partial charge in [-0.05, 0) is 25.8 Å². The van der Waals surface area contributed by atoms with E-state index in [4.69, 9.17) is 15.5 Å². The van der Waals surface area contributed by atoms with Crippen LogP contribution < -0.4 is 20.7 Å². The molecule has 2 atom stereocenters. The average molecular weight is 420 g/mol. The number of hydrogen-bond donors (Lipinski definition) is 3. The molecule has 1 saturated heterocycles. The lowest BCUT2D eigenvalue weighted by Gasteiger charge is -2.24. The Bertz CT molecular complexity index is 1340. The maximum Gasteiger partial charge on any atom is 0.326 e. The third-order valence-electron chi connectivity index (χ3n) is 6.14. The van der Waals surface area contributed by atoms with Crippen LogP contribution in [0.15, 0.2) is 18.5 Å². The number of rotatable bonds is 3. The molecule has 0 bridgehead atoms. The van der Waals surface area contributed by atoms with Crippen LogP contribution in [0.1, 0.15) is 17.8 Å². The van der Waals surface area contributed by atoms with E-state index in [1.165, 1.54) is 6.07 Å². The first-order chi connectivity index (χ1) is 15.0. The molecule has 2 aliphatic heterocycles. The number of nitrogens with zero attached hydrogens (tertiary/aromatic N) is 5. The number of anilines is 2. The Kier molecular flexibility index (Phi) is 3.82. The molecule has 4 N–H and O–H groups in total. The molecule has 31 heavy (non-hydrogen) atoms. The van der Waals surface area contributed by atoms with Crippen molar-refractivity contribution in [3.8, 4) is 11.8 Å². The lowest BCUT2D eigenvalue weighted by atomic mass is 9.99. The van der Waals surface area contributed by atoms with Crippen molar-refractivity contribution in [1.29, 1.82) is 0 Å². The highest BCUT2D eigenvalue weighted by molar-refractivity contribution is 6.16. The lowest BCUT2D eigenvalue weighted by molar-refractivity contribution is 0.438. The summed E-state index contributed by atoms with van der Waals surface area (Å²) in [6, 6.07) is 1.77. The monoisotopic (exact) mass is 420 g/mol. The van der Waals surface area contributed by atoms with E-state index in [-0.39, 0.29) is 23.9 Å². The molecule has 0 saturated carbocycles. The van der Waals surface area contributed by atoms with E-state index in [9.17, 15) is 0 Å². The van der Waals surface area contributed by atoms with E-state index in [1.54, 1.807) is 26.4 Å². The molecule has 2 unspecified atom stereocenters. The van der Waals surface area contributed by atoms with Crippen LogP contribution in [0.5, 0.6) is 11.8 Å². The Morgan fingerprint density at radius 1 is 1.26 bits per heavy atom. The van der Waals surface area contributed by atoms with Crippen molar-refractivity contribution in [2.24, 2.45) is 5.73 Å². The SMILES string of the molecule is CNc1cc(F)c2c3c1[nH]c1nc(Oc4cnc(C)nc4)nc(c13)N1CC(N)CC1C2. The number of ether oxygens (including phenoxy) is 1. The summed E-state index contributed by atoms with van der Waals surface area (Å²) >= 11 is 0. The van der Waals surface area contributed by atoms with Gasteiger partial charge in [0.1, 0.15) is 23.1 Å². The van der Waals surface area contributed by atoms with Gasteiger partial charge in [-0.15, -0.1) is 0 Å². The van der Waals surface area contributed by atoms with Crippen LogP contribution in [0.4, 0.5) is 15.9 Å². The Labute approximate surface area is 176 Å². The van der Waals surface area contributed by atoms with Crippen LogP contribution in [-0.2, 0) is 6.42 Å². The average Bonchev–Trinajstić information content (AvgIpc) is 3.27. The normalized spacial score (nSPS) is 19.8. The summed E-state index contributed by atoms with van der Waals surface area (Å²) in [5.41, 5.74) is 9.03. The molecule has 1 fully saturated rings. The van der Waals surface area contributed by atoms with Crippen LogP contribution in [0.2, 0.25) is 0 Å². The van der Waals surface area contributed by atoms with E-state index in [1.807, 2.05) is 0 Å². The lowest BCUT2D eigenvalue weighted by Crippen LogP contribution is -2.32. The van der Waals surface area contributed by atoms with Crippen molar-refractivity contribution in [1.82, 2.24) is 24.9 Å². The highest BCUT2D eigenvalue weighted by atomic mass is 19.1. The fraction of sp³-hybridized carbons (Fsp3) is 0.333. The zero-order valence-corrected chi connectivity index (χ0v) is 17.1. The fourth-order valence-corrected chi connectivity index (χ4v) is 4.80. The zero-order chi connectivity index (χ0) is 21.3. The summed E-state index contributed by atoms with van der Waals surface area (Å²) < 4.78 is 21.0. The second-order valence-corrected chi connectivity index (χ2v) is 8.14. The molecule has 4 aromatic rings. The standard InChI is InChI=1S/C21H21FN8O/c1-9-25-6-12(7-26-9)31-21-28-19-17-16-13(14(22)5-15(24-2)18(16)27-19)4-11-3-10(23)8-30(11)20(17)29-21/h5-7,10-11,24H,3-4,8,23H2,1-2H3,(H,27,28,29). The van der Waals surface area contributed by atoms with Crippen molar-refractivity contribution in [3.63, 3.8) is 0 Å². The summed E-state index contributed by atoms with van der Waals surface area (Å²) in [6.45, 7) is 2.45. The molecule has 6 rings (SSSR count). The third kappa shape index (κ3) is 2.71. The van der Waals surface area contributed by atoms with Crippen molar-refractivity contribution in [2.75, 3.05) is 23.8 Å². The molecule has 1 aromatic carbocycles. The van der Waals surface area contributed by atoms with E-state index >= 15 is 4.39 Å². The fourth-order valence-electron chi connectivity index (χ4n) is 4.80. The van der Waals surface area contributed by atoms with Gasteiger partial charge in [-0.2, -0.15) is 9.97 Å². The predicted octanol–water partition coefficient (Wildman–Crippen LogP) is 2.64. The number of aromatic nitrogens is 5. The van der Waals surface area contributed by atoms with Crippen molar-refractivity contribution < 1.29 is 9.13 Å². The maximum atomic E-state index is 15.2. The zero-order valence-electron chi connectivity index (χ0n) is 17.1. The highest BCUT2D eigenvalue weighted by Crippen LogP contribution is 2.44. The van der Waals surface area contributed by atoms with Crippen LogP contribution >= 0.6 is 0 Å². The van der Waals surface area contributed by atoms with Gasteiger partial charge < -0.3 is 25.7 Å². The molecular weight excluding hydrogens is 399 g/mol. The molecule has 5 heterocycles. The Morgan fingerprint density at radius 3 is 2.84 bits per heavy atom. The van der Waals surface area contributed by atoms with Crippen molar-refractivity contribution in [3.05, 3.63) is 35.7 Å². The van der Waals surface area contributed by atoms with Gasteiger partial charge in [0, 0.05) is 36.6 Å². The number of halogens is 1. The van der Waals surface area contributed by atoms with Gasteiger partial charge in [0.15, 0.2) is 5.75 Å². The summed E-state index contributed by atoms with van der Waals surface area (Å²) in [7, 11) is 1.77. The number of hydrogen-bond acceptors (Lipinski definition) is 8. The van der Waals surface area contributed by atoms with E-state index in [2.05, 4.69) is 30.2 Å². The summed E-state index contributed by atoms with van der Waals surface area (Å²) in [4.78, 5) is 23.2. The first-order valence-corrected chi connectivity index (χ1v) is 10.2. The van der Waals surface area contributed by atoms with Gasteiger partial charge in [0.2, 0.25) is 0 Å². The van der Waals surface area contributed by atoms with E-state index < -0.39 is 0 Å². The summed E-state index contributed by atoms with van der Waals surface area (Å²) in [5, 5.41) is 4.70. The first-order valence-electron chi connectivity index (χ1n) is 10.2. The Morgan fingerprint density at radius 2 is 2.06 bits per heavy atom. The Balaban J connectivity index is 1.62. The van der Waals surface area contributed by atoms with Gasteiger partial charge in [-0.3, -0.25) is 0 Å². The second kappa shape index (κ2) is 6.48. The van der Waals surface area contributed by atoms with Crippen LogP contribution in [0.3, 0.4) is 0 Å². The van der Waals surface area contributed by atoms with Gasteiger partial charge in [-0.1, -0.05) is 0 Å². The predicted molar refractivity (Wildman–Crippen MR) is 115 cm³/mol. The third-order valence-corrected chi connectivity index (χ3v) is 6.14. The minimum atomic E-state index is -0.233. The first kappa shape index (κ1) is 18.3. The van der Waals surface area contributed by atoms with Gasteiger partial charge >= 0.3 is 6.01 Å². The summed E-state index contributed by atoms with van der Waals surface area (Å²) in [6.07, 6.45) is 4.50. The molecular formula is C21H21FN8O. The molecule has 10 heteroatoms. The number of fused-ring (bicyclic) bond motifs is 2. The largest absolute Gasteiger partial charge is 0.421 e. The van der Waals surface area contributed by atoms with E-state index in [0.29, 0.717) is 47.3 Å². The number of benzene rings is 1. The minimum Gasteiger partial charge on any atom is -0.421 e. The number of aryl methyl sites for hydroxylation is 1. The second-order valence-electron chi connectivity index (χ2n) is 8.14. The topological polar surface area (TPSA) is 118 Å². The maximum absolute atomic E-state index is 15.2. The van der Waals surface area contributed by atoms with E-state index in [0.717, 1.165) is 22.7 Å². The minimum absolute atomic E-state index is 0.000470. The number of H-pyrrole nitrogens is 1. The molecule has 0 spiro atoms. The van der Waals surface area contributed by atoms with Crippen LogP contribution in [-0.4, -0.2) is 50.6 Å². The van der Waals surface area contributed by atoms with Gasteiger partial charge in [0.25, 0.3) is 0 Å². The van der Waals surface area contributed by atoms with Crippen molar-refractivity contribution >= 4 is 33.4 Å². The molecule has 158 valence electrons. The Hall–Kier alpha value is -3.53. The number of nitrogens with two attached hydrogens (primary N) is 1. The van der Waals surface area contributed by atoms with Crippen LogP contribution in [0.25, 0.3) is 21.9 Å². The molecule has 3 aromatic heterocycles. The van der Waals surface area contributed by atoms with Crippen LogP contribution in [0, 0.1) is 12.7 Å². The number of nitrogens with one attached hydrogen (secondary N) is 2. The molecule has 9 nitrogen and oxygen atoms in total. The number of aromatic amines is 1. The quantitative estimate of drug-likeness (QED) is 0.463.